The second kappa shape index (κ2) is 13.2. The Kier molecular flexibility index (Phi) is 10.8. The highest BCUT2D eigenvalue weighted by atomic mass is 35.5. The molecule has 0 bridgehead atoms. The summed E-state index contributed by atoms with van der Waals surface area (Å²) in [6.45, 7) is 6.22. The summed E-state index contributed by atoms with van der Waals surface area (Å²) >= 11 is 6.41. The van der Waals surface area contributed by atoms with Crippen molar-refractivity contribution in [3.05, 3.63) is 34.9 Å². The van der Waals surface area contributed by atoms with Crippen LogP contribution in [0, 0.1) is 0 Å². The van der Waals surface area contributed by atoms with Crippen LogP contribution in [0.3, 0.4) is 0 Å². The highest BCUT2D eigenvalue weighted by molar-refractivity contribution is 6.33. The molecule has 0 aliphatic carbocycles. The van der Waals surface area contributed by atoms with E-state index in [1.165, 1.54) is 75.5 Å². The summed E-state index contributed by atoms with van der Waals surface area (Å²) in [7, 11) is 0. The van der Waals surface area contributed by atoms with Crippen LogP contribution in [0.5, 0.6) is 0 Å². The molecule has 0 fully saturated rings. The van der Waals surface area contributed by atoms with Gasteiger partial charge in [-0.2, -0.15) is 0 Å². The van der Waals surface area contributed by atoms with Crippen molar-refractivity contribution in [3.8, 4) is 0 Å². The van der Waals surface area contributed by atoms with E-state index in [-0.39, 0.29) is 0 Å². The molecule has 0 amide bonds. The molecule has 0 aromatic heterocycles. The number of para-hydroxylation sites is 1. The number of unbranched alkanes of at least 4 members (excludes halogenated alkanes) is 8. The van der Waals surface area contributed by atoms with Gasteiger partial charge in [0.1, 0.15) is 0 Å². The molecule has 1 aliphatic heterocycles. The first-order valence-electron chi connectivity index (χ1n) is 10.6. The van der Waals surface area contributed by atoms with Crippen LogP contribution in [0.25, 0.3) is 6.08 Å². The number of hydrogen-bond donors (Lipinski definition) is 0. The van der Waals surface area contributed by atoms with Crippen LogP contribution in [-0.4, -0.2) is 26.3 Å². The van der Waals surface area contributed by atoms with Gasteiger partial charge in [-0.05, 0) is 30.9 Å². The lowest BCUT2D eigenvalue weighted by Gasteiger charge is -2.29. The fraction of sp³-hybridized carbons (Fsp3) is 0.652. The molecule has 2 nitrogen and oxygen atoms in total. The van der Waals surface area contributed by atoms with Crippen LogP contribution in [-0.2, 0) is 4.74 Å². The lowest BCUT2D eigenvalue weighted by Crippen LogP contribution is -2.27. The summed E-state index contributed by atoms with van der Waals surface area (Å²) in [4.78, 5) is 2.42. The van der Waals surface area contributed by atoms with Gasteiger partial charge in [0.05, 0.1) is 10.7 Å². The normalized spacial score (nSPS) is 13.2. The number of benzene rings is 1. The minimum atomic E-state index is 0.876. The Bertz CT molecular complexity index is 529. The molecular formula is C23H36ClNO. The summed E-state index contributed by atoms with van der Waals surface area (Å²) in [6.07, 6.45) is 17.3. The summed E-state index contributed by atoms with van der Waals surface area (Å²) in [5.74, 6) is 0. The van der Waals surface area contributed by atoms with E-state index in [4.69, 9.17) is 16.3 Å². The zero-order chi connectivity index (χ0) is 18.5. The molecule has 1 aromatic rings. The maximum absolute atomic E-state index is 6.41. The fourth-order valence-electron chi connectivity index (χ4n) is 3.55. The summed E-state index contributed by atoms with van der Waals surface area (Å²) in [6, 6.07) is 6.18. The molecule has 1 aliphatic rings. The molecule has 1 aromatic carbocycles. The second-order valence-electron chi connectivity index (χ2n) is 7.32. The van der Waals surface area contributed by atoms with Gasteiger partial charge in [-0.15, -0.1) is 0 Å². The van der Waals surface area contributed by atoms with Crippen molar-refractivity contribution in [2.45, 2.75) is 71.1 Å². The quantitative estimate of drug-likeness (QED) is 0.320. The third-order valence-corrected chi connectivity index (χ3v) is 5.37. The van der Waals surface area contributed by atoms with Crippen LogP contribution in [0.15, 0.2) is 24.3 Å². The average Bonchev–Trinajstić information content (AvgIpc) is 2.65. The smallest absolute Gasteiger partial charge is 0.0645 e. The molecule has 146 valence electrons. The van der Waals surface area contributed by atoms with Gasteiger partial charge < -0.3 is 9.64 Å². The highest BCUT2D eigenvalue weighted by Crippen LogP contribution is 2.33. The summed E-state index contributed by atoms with van der Waals surface area (Å²) in [5, 5.41) is 0.876. The average molecular weight is 378 g/mol. The van der Waals surface area contributed by atoms with Gasteiger partial charge in [-0.25, -0.2) is 0 Å². The van der Waals surface area contributed by atoms with Gasteiger partial charge in [0.2, 0.25) is 0 Å². The van der Waals surface area contributed by atoms with E-state index in [9.17, 15) is 0 Å². The van der Waals surface area contributed by atoms with E-state index < -0.39 is 0 Å². The Morgan fingerprint density at radius 1 is 0.923 bits per heavy atom. The molecule has 0 atom stereocenters. The Hall–Kier alpha value is -0.990. The number of rotatable bonds is 14. The van der Waals surface area contributed by atoms with E-state index in [0.717, 1.165) is 31.3 Å². The Balaban J connectivity index is 1.46. The van der Waals surface area contributed by atoms with Gasteiger partial charge >= 0.3 is 0 Å². The molecule has 0 saturated heterocycles. The number of fused-ring (bicyclic) bond motifs is 1. The zero-order valence-corrected chi connectivity index (χ0v) is 17.3. The predicted molar refractivity (Wildman–Crippen MR) is 115 cm³/mol. The van der Waals surface area contributed by atoms with Gasteiger partial charge in [-0.1, -0.05) is 87.8 Å². The Morgan fingerprint density at radius 3 is 2.38 bits per heavy atom. The van der Waals surface area contributed by atoms with Crippen LogP contribution in [0.2, 0.25) is 5.02 Å². The van der Waals surface area contributed by atoms with Crippen molar-refractivity contribution in [1.29, 1.82) is 0 Å². The van der Waals surface area contributed by atoms with Crippen molar-refractivity contribution < 1.29 is 4.74 Å². The number of halogens is 1. The monoisotopic (exact) mass is 377 g/mol. The predicted octanol–water partition coefficient (Wildman–Crippen LogP) is 7.11. The van der Waals surface area contributed by atoms with E-state index in [1.54, 1.807) is 0 Å². The Labute approximate surface area is 165 Å². The van der Waals surface area contributed by atoms with Crippen LogP contribution < -0.4 is 4.90 Å². The third-order valence-electron chi connectivity index (χ3n) is 5.07. The minimum absolute atomic E-state index is 0.876. The number of anilines is 1. The standard InChI is InChI=1S/C23H36ClNO/c1-2-3-4-10-19-26-20-11-8-6-5-7-9-17-25-18-13-15-21-14-12-16-22(24)23(21)25/h12-16H,2-11,17-20H2,1H3. The second-order valence-corrected chi connectivity index (χ2v) is 7.73. The maximum atomic E-state index is 6.41. The van der Waals surface area contributed by atoms with Crippen molar-refractivity contribution >= 4 is 23.4 Å². The Morgan fingerprint density at radius 2 is 1.62 bits per heavy atom. The van der Waals surface area contributed by atoms with Gasteiger partial charge in [0.25, 0.3) is 0 Å². The molecule has 0 radical (unpaired) electrons. The number of ether oxygens (including phenoxy) is 1. The van der Waals surface area contributed by atoms with Gasteiger partial charge in [0.15, 0.2) is 0 Å². The molecule has 0 spiro atoms. The first kappa shape index (κ1) is 21.3. The first-order valence-corrected chi connectivity index (χ1v) is 11.0. The molecule has 0 unspecified atom stereocenters. The van der Waals surface area contributed by atoms with E-state index in [1.807, 2.05) is 12.1 Å². The van der Waals surface area contributed by atoms with Crippen molar-refractivity contribution in [2.75, 3.05) is 31.2 Å². The number of nitrogens with zero attached hydrogens (tertiary/aromatic N) is 1. The summed E-state index contributed by atoms with van der Waals surface area (Å²) in [5.41, 5.74) is 2.46. The number of hydrogen-bond acceptors (Lipinski definition) is 2. The van der Waals surface area contributed by atoms with Crippen molar-refractivity contribution in [3.63, 3.8) is 0 Å². The highest BCUT2D eigenvalue weighted by Gasteiger charge is 2.15. The molecule has 0 saturated carbocycles. The fourth-order valence-corrected chi connectivity index (χ4v) is 3.85. The molecule has 0 N–H and O–H groups in total. The lowest BCUT2D eigenvalue weighted by molar-refractivity contribution is 0.125. The summed E-state index contributed by atoms with van der Waals surface area (Å²) < 4.78 is 5.71. The van der Waals surface area contributed by atoms with Crippen LogP contribution >= 0.6 is 11.6 Å². The molecular weight excluding hydrogens is 342 g/mol. The van der Waals surface area contributed by atoms with E-state index in [2.05, 4.69) is 30.0 Å². The van der Waals surface area contributed by atoms with Gasteiger partial charge in [0, 0.05) is 26.3 Å². The maximum Gasteiger partial charge on any atom is 0.0645 e. The third kappa shape index (κ3) is 7.72. The zero-order valence-electron chi connectivity index (χ0n) is 16.5. The topological polar surface area (TPSA) is 12.5 Å². The largest absolute Gasteiger partial charge is 0.381 e. The minimum Gasteiger partial charge on any atom is -0.381 e. The van der Waals surface area contributed by atoms with Gasteiger partial charge in [-0.3, -0.25) is 0 Å². The first-order chi connectivity index (χ1) is 12.8. The molecule has 26 heavy (non-hydrogen) atoms. The van der Waals surface area contributed by atoms with Crippen LogP contribution in [0.4, 0.5) is 5.69 Å². The molecule has 2 rings (SSSR count). The van der Waals surface area contributed by atoms with Crippen molar-refractivity contribution in [1.82, 2.24) is 0 Å². The van der Waals surface area contributed by atoms with E-state index >= 15 is 0 Å². The van der Waals surface area contributed by atoms with Crippen LogP contribution in [0.1, 0.15) is 76.7 Å². The van der Waals surface area contributed by atoms with E-state index in [0.29, 0.717) is 0 Å². The van der Waals surface area contributed by atoms with Crippen molar-refractivity contribution in [2.24, 2.45) is 0 Å². The lowest BCUT2D eigenvalue weighted by atomic mass is 10.1. The molecule has 1 heterocycles. The SMILES string of the molecule is CCCCCCOCCCCCCCCN1CC=Cc2cccc(Cl)c21. The molecule has 3 heteroatoms.